The van der Waals surface area contributed by atoms with Crippen LogP contribution in [0.1, 0.15) is 58.6 Å². The van der Waals surface area contributed by atoms with Crippen molar-refractivity contribution in [1.82, 2.24) is 0 Å². The van der Waals surface area contributed by atoms with Gasteiger partial charge in [-0.25, -0.2) is 8.42 Å². The van der Waals surface area contributed by atoms with Crippen LogP contribution < -0.4 is 0 Å². The fraction of sp³-hybridized carbons (Fsp3) is 0.308. The first-order valence-corrected chi connectivity index (χ1v) is 11.8. The molecule has 0 fully saturated rings. The lowest BCUT2D eigenvalue weighted by Crippen LogP contribution is -2.35. The number of hydrogen-bond acceptors (Lipinski definition) is 2. The standard InChI is InChI=1S/C26H28O2S/c1-17-10-12-22(13-11-17)29(27,28)25-16-20(4)23-14-18(2)19(3)15-24(23)26(25)21-8-6-5-7-9-21/h5-15,20,25-26H,16H2,1-4H3/t20-,25?,26+/m1/s1. The summed E-state index contributed by atoms with van der Waals surface area (Å²) in [6, 6.07) is 21.9. The molecule has 3 heteroatoms. The summed E-state index contributed by atoms with van der Waals surface area (Å²) < 4.78 is 27.6. The van der Waals surface area contributed by atoms with Crippen molar-refractivity contribution in [1.29, 1.82) is 0 Å². The SMILES string of the molecule is Cc1ccc(S(=O)(=O)C2C[C@@H](C)c3cc(C)c(C)cc3[C@@H]2c2ccccc2)cc1. The van der Waals surface area contributed by atoms with E-state index in [2.05, 4.69) is 45.0 Å². The number of sulfone groups is 1. The maximum atomic E-state index is 13.8. The molecule has 29 heavy (non-hydrogen) atoms. The Morgan fingerprint density at radius 3 is 2.00 bits per heavy atom. The molecule has 150 valence electrons. The Kier molecular flexibility index (Phi) is 5.12. The molecule has 4 rings (SSSR count). The van der Waals surface area contributed by atoms with Crippen LogP contribution in [0.2, 0.25) is 0 Å². The minimum Gasteiger partial charge on any atom is -0.223 e. The molecular weight excluding hydrogens is 376 g/mol. The van der Waals surface area contributed by atoms with Gasteiger partial charge in [0.25, 0.3) is 0 Å². The highest BCUT2D eigenvalue weighted by atomic mass is 32.2. The average molecular weight is 405 g/mol. The Bertz CT molecular complexity index is 1130. The summed E-state index contributed by atoms with van der Waals surface area (Å²) in [4.78, 5) is 0.425. The largest absolute Gasteiger partial charge is 0.223 e. The molecule has 0 aromatic heterocycles. The Labute approximate surface area is 174 Å². The second kappa shape index (κ2) is 7.46. The van der Waals surface area contributed by atoms with Gasteiger partial charge in [0.15, 0.2) is 9.84 Å². The number of benzene rings is 3. The highest BCUT2D eigenvalue weighted by Gasteiger charge is 2.42. The molecule has 3 atom stereocenters. The van der Waals surface area contributed by atoms with E-state index in [1.807, 2.05) is 37.3 Å². The lowest BCUT2D eigenvalue weighted by Gasteiger charge is -2.37. The average Bonchev–Trinajstić information content (AvgIpc) is 2.70. The normalized spacial score (nSPS) is 21.6. The van der Waals surface area contributed by atoms with Gasteiger partial charge in [-0.3, -0.25) is 0 Å². The summed E-state index contributed by atoms with van der Waals surface area (Å²) in [5.74, 6) is 0.0440. The van der Waals surface area contributed by atoms with Crippen LogP contribution >= 0.6 is 0 Å². The van der Waals surface area contributed by atoms with E-state index in [0.717, 1.165) is 11.1 Å². The van der Waals surface area contributed by atoms with Gasteiger partial charge in [0.05, 0.1) is 10.1 Å². The third kappa shape index (κ3) is 3.53. The number of fused-ring (bicyclic) bond motifs is 1. The van der Waals surface area contributed by atoms with Crippen molar-refractivity contribution >= 4 is 9.84 Å². The Morgan fingerprint density at radius 1 is 0.793 bits per heavy atom. The predicted molar refractivity (Wildman–Crippen MR) is 119 cm³/mol. The van der Waals surface area contributed by atoms with Crippen molar-refractivity contribution in [3.05, 3.63) is 100 Å². The molecule has 0 bridgehead atoms. The van der Waals surface area contributed by atoms with E-state index in [0.29, 0.717) is 11.3 Å². The van der Waals surface area contributed by atoms with Gasteiger partial charge in [0.1, 0.15) is 0 Å². The molecule has 2 nitrogen and oxygen atoms in total. The van der Waals surface area contributed by atoms with Gasteiger partial charge in [-0.1, -0.05) is 67.1 Å². The second-order valence-corrected chi connectivity index (χ2v) is 10.7. The third-order valence-corrected chi connectivity index (χ3v) is 8.62. The molecule has 0 amide bonds. The lowest BCUT2D eigenvalue weighted by atomic mass is 9.73. The van der Waals surface area contributed by atoms with Gasteiger partial charge in [-0.15, -0.1) is 0 Å². The van der Waals surface area contributed by atoms with E-state index in [1.54, 1.807) is 12.1 Å². The van der Waals surface area contributed by atoms with Gasteiger partial charge < -0.3 is 0 Å². The smallest absolute Gasteiger partial charge is 0.182 e. The van der Waals surface area contributed by atoms with Crippen LogP contribution in [0.25, 0.3) is 0 Å². The van der Waals surface area contributed by atoms with Crippen LogP contribution in [0.4, 0.5) is 0 Å². The molecule has 0 heterocycles. The van der Waals surface area contributed by atoms with E-state index in [9.17, 15) is 8.42 Å². The summed E-state index contributed by atoms with van der Waals surface area (Å²) in [6.45, 7) is 8.38. The van der Waals surface area contributed by atoms with Crippen molar-refractivity contribution in [3.8, 4) is 0 Å². The first kappa shape index (κ1) is 19.9. The Morgan fingerprint density at radius 2 is 1.38 bits per heavy atom. The molecule has 0 aliphatic heterocycles. The fourth-order valence-electron chi connectivity index (χ4n) is 4.63. The summed E-state index contributed by atoms with van der Waals surface area (Å²) in [6.07, 6.45) is 0.630. The molecule has 3 aromatic carbocycles. The minimum atomic E-state index is -3.47. The fourth-order valence-corrected chi connectivity index (χ4v) is 6.70. The summed E-state index contributed by atoms with van der Waals surface area (Å²) >= 11 is 0. The molecule has 0 N–H and O–H groups in total. The molecule has 0 radical (unpaired) electrons. The minimum absolute atomic E-state index is 0.159. The quantitative estimate of drug-likeness (QED) is 0.529. The van der Waals surface area contributed by atoms with Crippen LogP contribution in [-0.2, 0) is 9.84 Å². The van der Waals surface area contributed by atoms with Crippen molar-refractivity contribution in [2.75, 3.05) is 0 Å². The van der Waals surface area contributed by atoms with Gasteiger partial charge in [0, 0.05) is 5.92 Å². The van der Waals surface area contributed by atoms with Crippen LogP contribution in [0.15, 0.2) is 71.6 Å². The maximum absolute atomic E-state index is 13.8. The van der Waals surface area contributed by atoms with Gasteiger partial charge >= 0.3 is 0 Å². The first-order chi connectivity index (χ1) is 13.8. The van der Waals surface area contributed by atoms with Crippen molar-refractivity contribution in [3.63, 3.8) is 0 Å². The van der Waals surface area contributed by atoms with Gasteiger partial charge in [0.2, 0.25) is 0 Å². The molecule has 0 spiro atoms. The van der Waals surface area contributed by atoms with Crippen LogP contribution in [0.3, 0.4) is 0 Å². The van der Waals surface area contributed by atoms with E-state index in [1.165, 1.54) is 22.3 Å². The topological polar surface area (TPSA) is 34.1 Å². The van der Waals surface area contributed by atoms with E-state index >= 15 is 0 Å². The predicted octanol–water partition coefficient (Wildman–Crippen LogP) is 6.09. The highest BCUT2D eigenvalue weighted by Crippen LogP contribution is 2.47. The van der Waals surface area contributed by atoms with Crippen LogP contribution in [-0.4, -0.2) is 13.7 Å². The third-order valence-electron chi connectivity index (χ3n) is 6.43. The van der Waals surface area contributed by atoms with Gasteiger partial charge in [-0.05, 0) is 73.1 Å². The first-order valence-electron chi connectivity index (χ1n) is 10.3. The van der Waals surface area contributed by atoms with Crippen molar-refractivity contribution in [2.24, 2.45) is 0 Å². The second-order valence-electron chi connectivity index (χ2n) is 8.49. The molecule has 3 aromatic rings. The summed E-state index contributed by atoms with van der Waals surface area (Å²) in [5.41, 5.74) is 7.07. The van der Waals surface area contributed by atoms with Gasteiger partial charge in [-0.2, -0.15) is 0 Å². The molecule has 1 aliphatic rings. The molecule has 1 unspecified atom stereocenters. The summed E-state index contributed by atoms with van der Waals surface area (Å²) in [5, 5.41) is -0.475. The van der Waals surface area contributed by atoms with E-state index in [4.69, 9.17) is 0 Å². The zero-order valence-corrected chi connectivity index (χ0v) is 18.3. The monoisotopic (exact) mass is 404 g/mol. The Balaban J connectivity index is 1.93. The molecule has 0 saturated carbocycles. The van der Waals surface area contributed by atoms with Crippen LogP contribution in [0, 0.1) is 20.8 Å². The molecular formula is C26H28O2S. The number of rotatable bonds is 3. The van der Waals surface area contributed by atoms with Crippen molar-refractivity contribution in [2.45, 2.75) is 56.1 Å². The zero-order chi connectivity index (χ0) is 20.8. The highest BCUT2D eigenvalue weighted by molar-refractivity contribution is 7.92. The number of aryl methyl sites for hydroxylation is 3. The number of hydrogen-bond donors (Lipinski definition) is 0. The van der Waals surface area contributed by atoms with Crippen molar-refractivity contribution < 1.29 is 8.42 Å². The molecule has 1 aliphatic carbocycles. The lowest BCUT2D eigenvalue weighted by molar-refractivity contribution is 0.509. The van der Waals surface area contributed by atoms with Crippen LogP contribution in [0.5, 0.6) is 0 Å². The molecule has 0 saturated heterocycles. The summed E-state index contributed by atoms with van der Waals surface area (Å²) in [7, 11) is -3.47. The maximum Gasteiger partial charge on any atom is 0.182 e. The zero-order valence-electron chi connectivity index (χ0n) is 17.5. The Hall–Kier alpha value is -2.39. The van der Waals surface area contributed by atoms with E-state index in [-0.39, 0.29) is 11.8 Å². The van der Waals surface area contributed by atoms with E-state index < -0.39 is 15.1 Å².